The number of aromatic nitrogens is 6. The Morgan fingerprint density at radius 2 is 1.98 bits per heavy atom. The number of nitrogens with one attached hydrogen (secondary N) is 3. The van der Waals surface area contributed by atoms with E-state index in [0.29, 0.717) is 5.13 Å². The number of hydrogen-bond acceptors (Lipinski definition) is 20. The number of nitrogens with zero attached hydrogens (tertiary/aromatic N) is 7. The Kier molecular flexibility index (Phi) is 11.0. The van der Waals surface area contributed by atoms with Gasteiger partial charge in [-0.3, -0.25) is 19.3 Å². The van der Waals surface area contributed by atoms with Crippen LogP contribution in [0.15, 0.2) is 21.8 Å². The van der Waals surface area contributed by atoms with Crippen LogP contribution in [0.2, 0.25) is 0 Å². The minimum Gasteiger partial charge on any atom is -0.469 e. The summed E-state index contributed by atoms with van der Waals surface area (Å²) in [4.78, 5) is 83.2. The average Bonchev–Trinajstić information content (AvgIpc) is 3.72. The zero-order chi connectivity index (χ0) is 33.6. The monoisotopic (exact) mass is 700 g/mol. The third-order valence-electron chi connectivity index (χ3n) is 6.00. The first-order chi connectivity index (χ1) is 21.9. The van der Waals surface area contributed by atoms with E-state index in [2.05, 4.69) is 55.5 Å². The van der Waals surface area contributed by atoms with Crippen molar-refractivity contribution in [3.05, 3.63) is 17.3 Å². The molecule has 23 heteroatoms. The molecule has 3 N–H and O–H groups in total. The highest BCUT2D eigenvalue weighted by atomic mass is 32.2. The number of fused-ring (bicyclic) bond motifs is 1. The van der Waals surface area contributed by atoms with Gasteiger partial charge in [0.25, 0.3) is 11.8 Å². The fraction of sp³-hybridized carbons (Fsp3) is 0.522. The molecule has 0 bridgehead atoms. The Bertz CT molecular complexity index is 1540. The number of β-lactam (4-membered cyclic amide) rings is 1. The summed E-state index contributed by atoms with van der Waals surface area (Å²) in [6.45, 7) is 4.63. The van der Waals surface area contributed by atoms with Crippen molar-refractivity contribution in [1.82, 2.24) is 40.2 Å². The molecule has 248 valence electrons. The van der Waals surface area contributed by atoms with Crippen LogP contribution >= 0.6 is 35.1 Å². The van der Waals surface area contributed by atoms with E-state index in [-0.39, 0.29) is 40.3 Å². The van der Waals surface area contributed by atoms with Crippen LogP contribution in [0.3, 0.4) is 0 Å². The SMILES string of the molecule is CNc1nc(/C(=N/OC)C(=O)N[C@@H]2C(=O)N3C(OC(=O)OOC(=O)C(C)(C)C)=C(C(CC(=O)OC)Sc4nn[nH]n4)CS[C@@H]23)ns1. The van der Waals surface area contributed by atoms with Crippen molar-refractivity contribution in [3.8, 4) is 0 Å². The van der Waals surface area contributed by atoms with Crippen LogP contribution < -0.4 is 10.6 Å². The summed E-state index contributed by atoms with van der Waals surface area (Å²) in [5.74, 6) is -3.21. The van der Waals surface area contributed by atoms with Gasteiger partial charge in [-0.05, 0) is 26.0 Å². The van der Waals surface area contributed by atoms with E-state index in [4.69, 9.17) is 14.3 Å². The van der Waals surface area contributed by atoms with E-state index in [9.17, 15) is 24.0 Å². The highest BCUT2D eigenvalue weighted by Crippen LogP contribution is 2.44. The van der Waals surface area contributed by atoms with Crippen molar-refractivity contribution in [2.24, 2.45) is 10.6 Å². The number of methoxy groups -OCH3 is 1. The largest absolute Gasteiger partial charge is 0.556 e. The number of thioether (sulfide) groups is 2. The number of H-pyrrole nitrogens is 1. The summed E-state index contributed by atoms with van der Waals surface area (Å²) in [5, 5.41) is 21.7. The van der Waals surface area contributed by atoms with E-state index in [0.717, 1.165) is 28.2 Å². The summed E-state index contributed by atoms with van der Waals surface area (Å²) in [6, 6.07) is -1.11. The fourth-order valence-corrected chi connectivity index (χ4v) is 6.73. The number of esters is 1. The number of carbonyl (C=O) groups excluding carboxylic acids is 5. The number of hydrogen-bond donors (Lipinski definition) is 3. The molecule has 46 heavy (non-hydrogen) atoms. The molecular formula is C23H28N10O10S3. The molecule has 0 aromatic carbocycles. The van der Waals surface area contributed by atoms with Crippen LogP contribution in [0.4, 0.5) is 9.93 Å². The first-order valence-corrected chi connectivity index (χ1v) is 15.8. The quantitative estimate of drug-likeness (QED) is 0.0718. The van der Waals surface area contributed by atoms with Crippen molar-refractivity contribution >= 4 is 75.8 Å². The van der Waals surface area contributed by atoms with Crippen molar-refractivity contribution < 1.29 is 48.1 Å². The third-order valence-corrected chi connectivity index (χ3v) is 9.16. The van der Waals surface area contributed by atoms with Gasteiger partial charge in [-0.1, -0.05) is 16.9 Å². The summed E-state index contributed by atoms with van der Waals surface area (Å²) < 4.78 is 14.4. The van der Waals surface area contributed by atoms with Gasteiger partial charge in [0.05, 0.1) is 24.2 Å². The molecule has 4 heterocycles. The Balaban J connectivity index is 1.62. The molecule has 3 atom stereocenters. The standard InChI is InChI=1S/C23H28N10O10S3/c1-23(2,3)19(37)42-43-22(38)41-17-9(10(7-11(34)39-5)45-21-27-31-32-28-21)8-44-18-13(16(36)33(17)18)25-15(35)12(29-40-6)14-26-20(24-4)46-30-14/h10,13,18H,7-8H2,1-6H3,(H,25,35)(H,24,26,30)(H,27,28,31,32)/b29-12-/t10?,13-,18+/m1/s1. The van der Waals surface area contributed by atoms with Gasteiger partial charge >= 0.3 is 18.1 Å². The molecule has 0 aliphatic carbocycles. The van der Waals surface area contributed by atoms with Gasteiger partial charge in [-0.2, -0.15) is 19.4 Å². The van der Waals surface area contributed by atoms with Gasteiger partial charge in [-0.25, -0.2) is 14.6 Å². The van der Waals surface area contributed by atoms with Gasteiger partial charge in [0.15, 0.2) is 0 Å². The molecule has 2 aromatic heterocycles. The summed E-state index contributed by atoms with van der Waals surface area (Å²) in [6.07, 6.45) is -1.72. The first kappa shape index (κ1) is 34.4. The van der Waals surface area contributed by atoms with Gasteiger partial charge in [0.1, 0.15) is 18.5 Å². The molecule has 0 spiro atoms. The van der Waals surface area contributed by atoms with Crippen molar-refractivity contribution in [2.75, 3.05) is 32.3 Å². The zero-order valence-electron chi connectivity index (χ0n) is 25.1. The predicted molar refractivity (Wildman–Crippen MR) is 159 cm³/mol. The van der Waals surface area contributed by atoms with Gasteiger partial charge < -0.3 is 24.9 Å². The van der Waals surface area contributed by atoms with Crippen LogP contribution in [-0.4, -0.2) is 114 Å². The number of rotatable bonds is 11. The van der Waals surface area contributed by atoms with Crippen LogP contribution in [0.1, 0.15) is 33.0 Å². The smallest absolute Gasteiger partial charge is 0.469 e. The number of ether oxygens (including phenoxy) is 2. The molecule has 2 aromatic rings. The second-order valence-corrected chi connectivity index (χ2v) is 13.2. The van der Waals surface area contributed by atoms with Gasteiger partial charge in [-0.15, -0.1) is 22.0 Å². The van der Waals surface area contributed by atoms with Gasteiger partial charge in [0, 0.05) is 29.9 Å². The molecule has 0 saturated carbocycles. The highest BCUT2D eigenvalue weighted by molar-refractivity contribution is 8.01. The van der Waals surface area contributed by atoms with Crippen molar-refractivity contribution in [3.63, 3.8) is 0 Å². The zero-order valence-corrected chi connectivity index (χ0v) is 27.5. The van der Waals surface area contributed by atoms with Crippen LogP contribution in [0.25, 0.3) is 0 Å². The molecule has 1 saturated heterocycles. The Morgan fingerprint density at radius 1 is 1.22 bits per heavy atom. The minimum atomic E-state index is -1.47. The van der Waals surface area contributed by atoms with Crippen LogP contribution in [0, 0.1) is 5.41 Å². The predicted octanol–water partition coefficient (Wildman–Crippen LogP) is 0.436. The Morgan fingerprint density at radius 3 is 2.59 bits per heavy atom. The topological polar surface area (TPSA) is 251 Å². The fourth-order valence-electron chi connectivity index (χ4n) is 3.72. The van der Waals surface area contributed by atoms with Crippen LogP contribution in [0.5, 0.6) is 0 Å². The van der Waals surface area contributed by atoms with E-state index in [1.165, 1.54) is 26.0 Å². The number of tetrazole rings is 1. The lowest BCUT2D eigenvalue weighted by atomic mass is 9.98. The molecule has 1 unspecified atom stereocenters. The normalized spacial score (nSPS) is 18.5. The molecule has 2 aliphatic rings. The molecular weight excluding hydrogens is 673 g/mol. The molecule has 1 fully saturated rings. The van der Waals surface area contributed by atoms with E-state index in [1.54, 1.807) is 27.8 Å². The van der Waals surface area contributed by atoms with Crippen LogP contribution in [-0.2, 0) is 43.3 Å². The first-order valence-electron chi connectivity index (χ1n) is 13.1. The Hall–Kier alpha value is -4.51. The lowest BCUT2D eigenvalue weighted by Gasteiger charge is -2.49. The van der Waals surface area contributed by atoms with E-state index < -0.39 is 52.0 Å². The highest BCUT2D eigenvalue weighted by Gasteiger charge is 2.55. The van der Waals surface area contributed by atoms with Crippen molar-refractivity contribution in [1.29, 1.82) is 0 Å². The number of carbonyl (C=O) groups is 5. The second-order valence-electron chi connectivity index (χ2n) is 10.1. The maximum atomic E-state index is 13.5. The summed E-state index contributed by atoms with van der Waals surface area (Å²) in [5.41, 5.74) is -0.998. The second kappa shape index (κ2) is 14.7. The van der Waals surface area contributed by atoms with E-state index >= 15 is 0 Å². The Labute approximate surface area is 272 Å². The molecule has 2 aliphatic heterocycles. The minimum absolute atomic E-state index is 0.0310. The summed E-state index contributed by atoms with van der Waals surface area (Å²) >= 11 is 3.18. The van der Waals surface area contributed by atoms with Gasteiger partial charge in [0.2, 0.25) is 27.7 Å². The maximum absolute atomic E-state index is 13.5. The molecule has 2 amide bonds. The number of anilines is 1. The average molecular weight is 701 g/mol. The number of aromatic amines is 1. The number of oxime groups is 1. The maximum Gasteiger partial charge on any atom is 0.556 e. The van der Waals surface area contributed by atoms with E-state index in [1.807, 2.05) is 0 Å². The number of amides is 2. The molecule has 20 nitrogen and oxygen atoms in total. The van der Waals surface area contributed by atoms with Crippen molar-refractivity contribution in [2.45, 2.75) is 49.0 Å². The lowest BCUT2D eigenvalue weighted by molar-refractivity contribution is -0.250. The molecule has 4 rings (SSSR count). The summed E-state index contributed by atoms with van der Waals surface area (Å²) in [7, 11) is 4.06. The third kappa shape index (κ3) is 7.82. The lowest BCUT2D eigenvalue weighted by Crippen LogP contribution is -2.71. The molecule has 0 radical (unpaired) electrons.